The van der Waals surface area contributed by atoms with E-state index in [-0.39, 0.29) is 6.10 Å². The minimum absolute atomic E-state index is 0.0109. The van der Waals surface area contributed by atoms with E-state index in [1.165, 1.54) is 0 Å². The van der Waals surface area contributed by atoms with Crippen LogP contribution in [0.1, 0.15) is 17.4 Å². The number of fused-ring (bicyclic) bond motifs is 1. The van der Waals surface area contributed by atoms with E-state index in [4.69, 9.17) is 9.26 Å². The number of rotatable bonds is 3. The van der Waals surface area contributed by atoms with Crippen molar-refractivity contribution in [1.29, 1.82) is 0 Å². The highest BCUT2D eigenvalue weighted by Crippen LogP contribution is 2.29. The van der Waals surface area contributed by atoms with Crippen molar-refractivity contribution in [1.82, 2.24) is 24.9 Å². The van der Waals surface area contributed by atoms with Gasteiger partial charge in [-0.2, -0.15) is 10.1 Å². The fraction of sp³-hybridized carbons (Fsp3) is 0.158. The highest BCUT2D eigenvalue weighted by atomic mass is 16.5. The summed E-state index contributed by atoms with van der Waals surface area (Å²) in [4.78, 5) is 8.65. The average molecular weight is 345 g/mol. The SMILES string of the molecule is c1ccc([C@H]2Cn3nc(-c4nc(-c5ccccn5)no4)cc3CO2)cc1. The van der Waals surface area contributed by atoms with Gasteiger partial charge in [0, 0.05) is 6.20 Å². The molecule has 7 nitrogen and oxygen atoms in total. The molecule has 4 heterocycles. The molecule has 0 spiro atoms. The van der Waals surface area contributed by atoms with Crippen LogP contribution in [0, 0.1) is 0 Å². The fourth-order valence-corrected chi connectivity index (χ4v) is 3.03. The molecule has 1 atom stereocenters. The second-order valence-corrected chi connectivity index (χ2v) is 6.05. The van der Waals surface area contributed by atoms with Gasteiger partial charge >= 0.3 is 0 Å². The van der Waals surface area contributed by atoms with Gasteiger partial charge in [0.15, 0.2) is 5.69 Å². The lowest BCUT2D eigenvalue weighted by atomic mass is 10.1. The number of aromatic nitrogens is 5. The van der Waals surface area contributed by atoms with Gasteiger partial charge in [0.1, 0.15) is 11.8 Å². The molecule has 1 aliphatic rings. The average Bonchev–Trinajstić information content (AvgIpc) is 3.36. The van der Waals surface area contributed by atoms with Crippen LogP contribution in [-0.2, 0) is 17.9 Å². The lowest BCUT2D eigenvalue weighted by molar-refractivity contribution is -0.00113. The van der Waals surface area contributed by atoms with Crippen molar-refractivity contribution in [3.05, 3.63) is 72.1 Å². The van der Waals surface area contributed by atoms with Gasteiger partial charge in [-0.25, -0.2) is 0 Å². The second kappa shape index (κ2) is 6.20. The van der Waals surface area contributed by atoms with Gasteiger partial charge in [-0.3, -0.25) is 9.67 Å². The molecular weight excluding hydrogens is 330 g/mol. The number of benzene rings is 1. The highest BCUT2D eigenvalue weighted by molar-refractivity contribution is 5.54. The van der Waals surface area contributed by atoms with Gasteiger partial charge in [0.2, 0.25) is 5.82 Å². The zero-order chi connectivity index (χ0) is 17.3. The predicted molar refractivity (Wildman–Crippen MR) is 92.7 cm³/mol. The number of hydrogen-bond donors (Lipinski definition) is 0. The van der Waals surface area contributed by atoms with Crippen LogP contribution in [0.15, 0.2) is 65.3 Å². The molecule has 0 N–H and O–H groups in total. The predicted octanol–water partition coefficient (Wildman–Crippen LogP) is 3.27. The summed E-state index contributed by atoms with van der Waals surface area (Å²) in [6.07, 6.45) is 1.69. The maximum Gasteiger partial charge on any atom is 0.278 e. The summed E-state index contributed by atoms with van der Waals surface area (Å²) in [5.74, 6) is 0.828. The number of hydrogen-bond acceptors (Lipinski definition) is 6. The number of nitrogens with zero attached hydrogens (tertiary/aromatic N) is 5. The van der Waals surface area contributed by atoms with Gasteiger partial charge in [0.25, 0.3) is 5.89 Å². The molecule has 0 amide bonds. The molecule has 5 rings (SSSR count). The Hall–Kier alpha value is -3.32. The Bertz CT molecular complexity index is 1030. The highest BCUT2D eigenvalue weighted by Gasteiger charge is 2.24. The molecule has 0 radical (unpaired) electrons. The van der Waals surface area contributed by atoms with Crippen LogP contribution in [0.3, 0.4) is 0 Å². The Morgan fingerprint density at radius 3 is 2.73 bits per heavy atom. The molecule has 1 aliphatic heterocycles. The van der Waals surface area contributed by atoms with Crippen LogP contribution in [0.25, 0.3) is 23.1 Å². The maximum atomic E-state index is 5.98. The van der Waals surface area contributed by atoms with Crippen molar-refractivity contribution in [3.8, 4) is 23.1 Å². The van der Waals surface area contributed by atoms with E-state index < -0.39 is 0 Å². The van der Waals surface area contributed by atoms with Crippen LogP contribution < -0.4 is 0 Å². The first-order valence-electron chi connectivity index (χ1n) is 8.35. The molecule has 3 aromatic heterocycles. The van der Waals surface area contributed by atoms with E-state index in [1.54, 1.807) is 6.20 Å². The molecule has 0 aliphatic carbocycles. The Labute approximate surface area is 149 Å². The third-order valence-electron chi connectivity index (χ3n) is 4.34. The van der Waals surface area contributed by atoms with E-state index in [1.807, 2.05) is 47.1 Å². The topological polar surface area (TPSA) is 78.9 Å². The van der Waals surface area contributed by atoms with Gasteiger partial charge in [-0.05, 0) is 23.8 Å². The Morgan fingerprint density at radius 1 is 1.00 bits per heavy atom. The normalized spacial score (nSPS) is 16.4. The Balaban J connectivity index is 1.42. The van der Waals surface area contributed by atoms with Crippen LogP contribution in [0.2, 0.25) is 0 Å². The minimum Gasteiger partial charge on any atom is -0.365 e. The maximum absolute atomic E-state index is 5.98. The van der Waals surface area contributed by atoms with Crippen molar-refractivity contribution >= 4 is 0 Å². The van der Waals surface area contributed by atoms with Crippen LogP contribution in [0.4, 0.5) is 0 Å². The molecule has 4 aromatic rings. The Kier molecular flexibility index (Phi) is 3.57. The molecule has 1 aromatic carbocycles. The second-order valence-electron chi connectivity index (χ2n) is 6.05. The molecule has 26 heavy (non-hydrogen) atoms. The summed E-state index contributed by atoms with van der Waals surface area (Å²) >= 11 is 0. The summed E-state index contributed by atoms with van der Waals surface area (Å²) < 4.78 is 13.3. The lowest BCUT2D eigenvalue weighted by Crippen LogP contribution is -2.21. The van der Waals surface area contributed by atoms with E-state index in [2.05, 4.69) is 32.4 Å². The zero-order valence-corrected chi connectivity index (χ0v) is 13.8. The van der Waals surface area contributed by atoms with Crippen molar-refractivity contribution in [3.63, 3.8) is 0 Å². The van der Waals surface area contributed by atoms with Crippen molar-refractivity contribution in [2.45, 2.75) is 19.3 Å². The van der Waals surface area contributed by atoms with E-state index in [0.29, 0.717) is 36.3 Å². The van der Waals surface area contributed by atoms with E-state index in [9.17, 15) is 0 Å². The van der Waals surface area contributed by atoms with E-state index >= 15 is 0 Å². The first-order chi connectivity index (χ1) is 12.9. The summed E-state index contributed by atoms with van der Waals surface area (Å²) in [5, 5.41) is 8.63. The molecule has 7 heteroatoms. The summed E-state index contributed by atoms with van der Waals surface area (Å²) in [7, 11) is 0. The quantitative estimate of drug-likeness (QED) is 0.567. The zero-order valence-electron chi connectivity index (χ0n) is 13.8. The van der Waals surface area contributed by atoms with Crippen LogP contribution >= 0.6 is 0 Å². The van der Waals surface area contributed by atoms with Crippen molar-refractivity contribution in [2.24, 2.45) is 0 Å². The van der Waals surface area contributed by atoms with Gasteiger partial charge in [-0.15, -0.1) is 0 Å². The summed E-state index contributed by atoms with van der Waals surface area (Å²) in [6.45, 7) is 1.15. The van der Waals surface area contributed by atoms with Gasteiger partial charge in [0.05, 0.1) is 18.8 Å². The molecule has 0 saturated heterocycles. The molecular formula is C19H15N5O2. The number of ether oxygens (including phenoxy) is 1. The van der Waals surface area contributed by atoms with Crippen LogP contribution in [0.5, 0.6) is 0 Å². The standard InChI is InChI=1S/C19H15N5O2/c1-2-6-13(7-3-1)17-11-24-14(12-25-17)10-16(22-24)19-21-18(23-26-19)15-8-4-5-9-20-15/h1-10,17H,11-12H2/t17-/m1/s1. The van der Waals surface area contributed by atoms with Crippen molar-refractivity contribution < 1.29 is 9.26 Å². The largest absolute Gasteiger partial charge is 0.365 e. The van der Waals surface area contributed by atoms with E-state index in [0.717, 1.165) is 11.3 Å². The Morgan fingerprint density at radius 2 is 1.88 bits per heavy atom. The smallest absolute Gasteiger partial charge is 0.278 e. The van der Waals surface area contributed by atoms with Crippen molar-refractivity contribution in [2.75, 3.05) is 0 Å². The van der Waals surface area contributed by atoms with Gasteiger partial charge in [-0.1, -0.05) is 41.6 Å². The molecule has 0 saturated carbocycles. The fourth-order valence-electron chi connectivity index (χ4n) is 3.03. The van der Waals surface area contributed by atoms with Crippen LogP contribution in [-0.4, -0.2) is 24.9 Å². The molecule has 0 bridgehead atoms. The third-order valence-corrected chi connectivity index (χ3v) is 4.34. The number of pyridine rings is 1. The first-order valence-corrected chi connectivity index (χ1v) is 8.35. The molecule has 0 unspecified atom stereocenters. The van der Waals surface area contributed by atoms with Gasteiger partial charge < -0.3 is 9.26 Å². The third kappa shape index (κ3) is 2.68. The first kappa shape index (κ1) is 15.0. The molecule has 0 fully saturated rings. The summed E-state index contributed by atoms with van der Waals surface area (Å²) in [6, 6.07) is 17.7. The lowest BCUT2D eigenvalue weighted by Gasteiger charge is -2.24. The molecule has 128 valence electrons. The minimum atomic E-state index is -0.0109. The monoisotopic (exact) mass is 345 g/mol. The summed E-state index contributed by atoms with van der Waals surface area (Å²) in [5.41, 5.74) is 3.45.